The third kappa shape index (κ3) is 4.37. The van der Waals surface area contributed by atoms with E-state index >= 15 is 0 Å². The number of rotatable bonds is 5. The van der Waals surface area contributed by atoms with E-state index in [2.05, 4.69) is 15.0 Å². The Labute approximate surface area is 94.5 Å². The van der Waals surface area contributed by atoms with E-state index in [1.165, 1.54) is 0 Å². The summed E-state index contributed by atoms with van der Waals surface area (Å²) in [6.07, 6.45) is 0.392. The SMILES string of the molecule is CC(O)CCN(C)Cc1nc(N)nc(N)n1. The van der Waals surface area contributed by atoms with Gasteiger partial charge in [0, 0.05) is 6.54 Å². The number of anilines is 2. The molecule has 0 aliphatic heterocycles. The van der Waals surface area contributed by atoms with Gasteiger partial charge < -0.3 is 16.6 Å². The summed E-state index contributed by atoms with van der Waals surface area (Å²) in [5.74, 6) is 0.802. The molecule has 1 aromatic heterocycles. The number of aromatic nitrogens is 3. The monoisotopic (exact) mass is 226 g/mol. The van der Waals surface area contributed by atoms with Crippen LogP contribution in [0.3, 0.4) is 0 Å². The number of nitrogens with zero attached hydrogens (tertiary/aromatic N) is 4. The van der Waals surface area contributed by atoms with E-state index in [9.17, 15) is 0 Å². The van der Waals surface area contributed by atoms with Gasteiger partial charge in [-0.3, -0.25) is 4.90 Å². The Morgan fingerprint density at radius 2 is 1.81 bits per heavy atom. The molecule has 16 heavy (non-hydrogen) atoms. The van der Waals surface area contributed by atoms with E-state index in [1.807, 2.05) is 11.9 Å². The van der Waals surface area contributed by atoms with Crippen LogP contribution in [0.5, 0.6) is 0 Å². The van der Waals surface area contributed by atoms with Gasteiger partial charge in [-0.15, -0.1) is 0 Å². The molecule has 7 heteroatoms. The average molecular weight is 226 g/mol. The third-order valence-electron chi connectivity index (χ3n) is 2.06. The molecule has 90 valence electrons. The Hall–Kier alpha value is -1.47. The van der Waals surface area contributed by atoms with Crippen LogP contribution in [-0.2, 0) is 6.54 Å². The molecule has 0 saturated carbocycles. The van der Waals surface area contributed by atoms with Crippen molar-refractivity contribution in [3.63, 3.8) is 0 Å². The number of aliphatic hydroxyl groups excluding tert-OH is 1. The van der Waals surface area contributed by atoms with Gasteiger partial charge in [0.2, 0.25) is 11.9 Å². The van der Waals surface area contributed by atoms with Crippen molar-refractivity contribution >= 4 is 11.9 Å². The summed E-state index contributed by atoms with van der Waals surface area (Å²) in [6.45, 7) is 3.04. The molecule has 5 N–H and O–H groups in total. The summed E-state index contributed by atoms with van der Waals surface area (Å²) in [5.41, 5.74) is 10.9. The van der Waals surface area contributed by atoms with Gasteiger partial charge in [-0.1, -0.05) is 0 Å². The zero-order chi connectivity index (χ0) is 12.1. The molecule has 0 aliphatic carbocycles. The highest BCUT2D eigenvalue weighted by molar-refractivity contribution is 5.25. The standard InChI is InChI=1S/C9H18N6O/c1-6(16)3-4-15(2)5-7-12-8(10)14-9(11)13-7/h6,16H,3-5H2,1-2H3,(H4,10,11,12,13,14). The van der Waals surface area contributed by atoms with Crippen molar-refractivity contribution in [2.75, 3.05) is 25.1 Å². The predicted octanol–water partition coefficient (Wildman–Crippen LogP) is -0.761. The van der Waals surface area contributed by atoms with Crippen LogP contribution in [0.15, 0.2) is 0 Å². The fourth-order valence-corrected chi connectivity index (χ4v) is 1.26. The minimum absolute atomic E-state index is 0.131. The Kier molecular flexibility index (Phi) is 4.39. The van der Waals surface area contributed by atoms with Crippen molar-refractivity contribution in [1.29, 1.82) is 0 Å². The molecule has 0 aromatic carbocycles. The molecule has 7 nitrogen and oxygen atoms in total. The maximum Gasteiger partial charge on any atom is 0.225 e. The van der Waals surface area contributed by atoms with Crippen molar-refractivity contribution in [2.24, 2.45) is 0 Å². The second-order valence-electron chi connectivity index (χ2n) is 3.84. The van der Waals surface area contributed by atoms with Crippen molar-refractivity contribution in [1.82, 2.24) is 19.9 Å². The lowest BCUT2D eigenvalue weighted by atomic mass is 10.3. The first-order valence-electron chi connectivity index (χ1n) is 5.10. The Morgan fingerprint density at radius 3 is 2.31 bits per heavy atom. The van der Waals surface area contributed by atoms with Crippen LogP contribution in [0, 0.1) is 0 Å². The zero-order valence-electron chi connectivity index (χ0n) is 9.59. The van der Waals surface area contributed by atoms with E-state index in [-0.39, 0.29) is 18.0 Å². The van der Waals surface area contributed by atoms with Crippen LogP contribution in [0.25, 0.3) is 0 Å². The second-order valence-corrected chi connectivity index (χ2v) is 3.84. The Morgan fingerprint density at radius 1 is 1.25 bits per heavy atom. The summed E-state index contributed by atoms with van der Waals surface area (Å²) in [5, 5.41) is 9.15. The van der Waals surface area contributed by atoms with E-state index in [1.54, 1.807) is 6.92 Å². The van der Waals surface area contributed by atoms with Gasteiger partial charge in [0.05, 0.1) is 12.6 Å². The number of nitrogens with two attached hydrogens (primary N) is 2. The molecule has 1 aromatic rings. The van der Waals surface area contributed by atoms with Gasteiger partial charge in [0.15, 0.2) is 0 Å². The number of aliphatic hydroxyl groups is 1. The molecule has 1 unspecified atom stereocenters. The molecule has 0 radical (unpaired) electrons. The molecule has 1 heterocycles. The average Bonchev–Trinajstić information content (AvgIpc) is 2.12. The van der Waals surface area contributed by atoms with Crippen LogP contribution >= 0.6 is 0 Å². The van der Waals surface area contributed by atoms with Crippen molar-refractivity contribution in [2.45, 2.75) is 26.0 Å². The normalized spacial score (nSPS) is 13.0. The van der Waals surface area contributed by atoms with Gasteiger partial charge >= 0.3 is 0 Å². The van der Waals surface area contributed by atoms with Crippen LogP contribution < -0.4 is 11.5 Å². The lowest BCUT2D eigenvalue weighted by Gasteiger charge is -2.16. The van der Waals surface area contributed by atoms with Crippen LogP contribution in [0.2, 0.25) is 0 Å². The first-order valence-corrected chi connectivity index (χ1v) is 5.10. The highest BCUT2D eigenvalue weighted by Crippen LogP contribution is 2.02. The fourth-order valence-electron chi connectivity index (χ4n) is 1.26. The number of hydrogen-bond donors (Lipinski definition) is 3. The first kappa shape index (κ1) is 12.6. The number of nitrogen functional groups attached to an aromatic ring is 2. The molecular weight excluding hydrogens is 208 g/mol. The summed E-state index contributed by atoms with van der Waals surface area (Å²) >= 11 is 0. The van der Waals surface area contributed by atoms with Crippen molar-refractivity contribution < 1.29 is 5.11 Å². The Bertz CT molecular complexity index is 323. The largest absolute Gasteiger partial charge is 0.393 e. The first-order chi connectivity index (χ1) is 7.47. The van der Waals surface area contributed by atoms with E-state index in [0.717, 1.165) is 6.54 Å². The lowest BCUT2D eigenvalue weighted by Crippen LogP contribution is -2.23. The molecule has 0 aliphatic rings. The summed E-state index contributed by atoms with van der Waals surface area (Å²) in [7, 11) is 1.92. The molecule has 0 amide bonds. The second kappa shape index (κ2) is 5.57. The Balaban J connectivity index is 2.52. The molecule has 0 spiro atoms. The van der Waals surface area contributed by atoms with Crippen LogP contribution in [-0.4, -0.2) is 44.7 Å². The highest BCUT2D eigenvalue weighted by Gasteiger charge is 2.06. The quantitative estimate of drug-likeness (QED) is 0.604. The molecule has 0 bridgehead atoms. The minimum Gasteiger partial charge on any atom is -0.393 e. The lowest BCUT2D eigenvalue weighted by molar-refractivity contribution is 0.162. The topological polar surface area (TPSA) is 114 Å². The van der Waals surface area contributed by atoms with Gasteiger partial charge in [-0.05, 0) is 20.4 Å². The fraction of sp³-hybridized carbons (Fsp3) is 0.667. The predicted molar refractivity (Wildman–Crippen MR) is 61.3 cm³/mol. The molecular formula is C9H18N6O. The summed E-state index contributed by atoms with van der Waals surface area (Å²) in [6, 6.07) is 0. The molecule has 0 fully saturated rings. The number of hydrogen-bond acceptors (Lipinski definition) is 7. The maximum atomic E-state index is 9.15. The molecule has 0 saturated heterocycles. The molecule has 1 atom stereocenters. The van der Waals surface area contributed by atoms with Crippen LogP contribution in [0.1, 0.15) is 19.2 Å². The van der Waals surface area contributed by atoms with Crippen LogP contribution in [0.4, 0.5) is 11.9 Å². The summed E-state index contributed by atoms with van der Waals surface area (Å²) in [4.78, 5) is 13.6. The summed E-state index contributed by atoms with van der Waals surface area (Å²) < 4.78 is 0. The smallest absolute Gasteiger partial charge is 0.225 e. The van der Waals surface area contributed by atoms with Gasteiger partial charge in [0.1, 0.15) is 5.82 Å². The third-order valence-corrected chi connectivity index (χ3v) is 2.06. The minimum atomic E-state index is -0.309. The van der Waals surface area contributed by atoms with Gasteiger partial charge in [-0.25, -0.2) is 0 Å². The highest BCUT2D eigenvalue weighted by atomic mass is 16.3. The van der Waals surface area contributed by atoms with Gasteiger partial charge in [0.25, 0.3) is 0 Å². The van der Waals surface area contributed by atoms with Crippen molar-refractivity contribution in [3.05, 3.63) is 5.82 Å². The van der Waals surface area contributed by atoms with E-state index in [0.29, 0.717) is 18.8 Å². The molecule has 1 rings (SSSR count). The van der Waals surface area contributed by atoms with Gasteiger partial charge in [-0.2, -0.15) is 15.0 Å². The van der Waals surface area contributed by atoms with Crippen molar-refractivity contribution in [3.8, 4) is 0 Å². The van der Waals surface area contributed by atoms with E-state index in [4.69, 9.17) is 16.6 Å². The van der Waals surface area contributed by atoms with E-state index < -0.39 is 0 Å². The zero-order valence-corrected chi connectivity index (χ0v) is 9.59. The maximum absolute atomic E-state index is 9.15.